The number of anilines is 1. The first kappa shape index (κ1) is 15.5. The summed E-state index contributed by atoms with van der Waals surface area (Å²) in [4.78, 5) is 0. The maximum absolute atomic E-state index is 8.99. The molecule has 7 heteroatoms. The predicted octanol–water partition coefficient (Wildman–Crippen LogP) is 4.38. The average molecular weight is 314 g/mol. The highest BCUT2D eigenvalue weighted by Crippen LogP contribution is 2.17. The van der Waals surface area contributed by atoms with Gasteiger partial charge in [0.2, 0.25) is 0 Å². The molecule has 0 radical (unpaired) electrons. The first-order valence-electron chi connectivity index (χ1n) is 6.26. The van der Waals surface area contributed by atoms with Gasteiger partial charge in [0.25, 0.3) is 5.84 Å². The number of halogens is 1. The smallest absolute Gasteiger partial charge is 0.270 e. The molecule has 0 bridgehead atoms. The molecule has 0 amide bonds. The number of methoxy groups -OCH3 is 1. The third-order valence-corrected chi connectivity index (χ3v) is 2.82. The summed E-state index contributed by atoms with van der Waals surface area (Å²) in [6.07, 6.45) is 0. The molecule has 2 aromatic rings. The van der Waals surface area contributed by atoms with E-state index in [0.717, 1.165) is 5.75 Å². The van der Waals surface area contributed by atoms with Crippen molar-refractivity contribution in [3.05, 3.63) is 53.6 Å². The number of nitriles is 1. The lowest BCUT2D eigenvalue weighted by atomic mass is 10.3. The molecule has 110 valence electrons. The van der Waals surface area contributed by atoms with Gasteiger partial charge in [-0.1, -0.05) is 11.6 Å². The zero-order valence-electron chi connectivity index (χ0n) is 11.7. The minimum Gasteiger partial charge on any atom is -0.497 e. The Morgan fingerprint density at radius 2 is 1.82 bits per heavy atom. The van der Waals surface area contributed by atoms with Crippen LogP contribution in [0.2, 0.25) is 5.02 Å². The summed E-state index contributed by atoms with van der Waals surface area (Å²) in [6, 6.07) is 15.7. The molecule has 0 atom stereocenters. The number of azo groups is 1. The van der Waals surface area contributed by atoms with Crippen LogP contribution in [0.15, 0.2) is 63.9 Å². The number of ether oxygens (including phenoxy) is 1. The van der Waals surface area contributed by atoms with E-state index in [-0.39, 0.29) is 5.84 Å². The molecule has 0 aliphatic carbocycles. The van der Waals surface area contributed by atoms with Crippen molar-refractivity contribution in [2.24, 2.45) is 15.3 Å². The molecule has 0 heterocycles. The summed E-state index contributed by atoms with van der Waals surface area (Å²) in [5.74, 6) is 0.642. The van der Waals surface area contributed by atoms with Gasteiger partial charge in [0, 0.05) is 5.02 Å². The van der Waals surface area contributed by atoms with Crippen LogP contribution in [-0.4, -0.2) is 12.9 Å². The Morgan fingerprint density at radius 1 is 1.14 bits per heavy atom. The van der Waals surface area contributed by atoms with Gasteiger partial charge in [0.1, 0.15) is 11.8 Å². The van der Waals surface area contributed by atoms with Crippen LogP contribution in [0.3, 0.4) is 0 Å². The minimum atomic E-state index is -0.0919. The summed E-state index contributed by atoms with van der Waals surface area (Å²) in [7, 11) is 1.59. The van der Waals surface area contributed by atoms with Gasteiger partial charge in [-0.3, -0.25) is 5.43 Å². The van der Waals surface area contributed by atoms with Crippen molar-refractivity contribution < 1.29 is 4.74 Å². The highest BCUT2D eigenvalue weighted by Gasteiger charge is 1.97. The lowest BCUT2D eigenvalue weighted by Crippen LogP contribution is -1.95. The Balaban J connectivity index is 2.03. The van der Waals surface area contributed by atoms with E-state index >= 15 is 0 Å². The van der Waals surface area contributed by atoms with Crippen LogP contribution in [0.5, 0.6) is 5.75 Å². The van der Waals surface area contributed by atoms with Gasteiger partial charge in [-0.2, -0.15) is 5.26 Å². The molecule has 0 fully saturated rings. The number of rotatable bonds is 4. The fourth-order valence-electron chi connectivity index (χ4n) is 1.47. The van der Waals surface area contributed by atoms with Crippen LogP contribution in [0.25, 0.3) is 0 Å². The molecule has 6 nitrogen and oxygen atoms in total. The third-order valence-electron chi connectivity index (χ3n) is 2.57. The lowest BCUT2D eigenvalue weighted by molar-refractivity contribution is 0.415. The van der Waals surface area contributed by atoms with Crippen LogP contribution in [-0.2, 0) is 0 Å². The zero-order chi connectivity index (χ0) is 15.8. The monoisotopic (exact) mass is 313 g/mol. The maximum Gasteiger partial charge on any atom is 0.270 e. The predicted molar refractivity (Wildman–Crippen MR) is 85.6 cm³/mol. The Kier molecular flexibility index (Phi) is 5.46. The van der Waals surface area contributed by atoms with Crippen LogP contribution in [0.1, 0.15) is 0 Å². The summed E-state index contributed by atoms with van der Waals surface area (Å²) in [5.41, 5.74) is 4.01. The summed E-state index contributed by atoms with van der Waals surface area (Å²) in [5, 5.41) is 21.2. The fourth-order valence-corrected chi connectivity index (χ4v) is 1.59. The van der Waals surface area contributed by atoms with E-state index in [4.69, 9.17) is 21.6 Å². The number of amidine groups is 1. The summed E-state index contributed by atoms with van der Waals surface area (Å²) in [6.45, 7) is 0. The number of hydrogen-bond acceptors (Lipinski definition) is 5. The van der Waals surface area contributed by atoms with Gasteiger partial charge >= 0.3 is 0 Å². The van der Waals surface area contributed by atoms with Gasteiger partial charge < -0.3 is 4.74 Å². The molecule has 0 aliphatic heterocycles. The van der Waals surface area contributed by atoms with Crippen molar-refractivity contribution in [3.8, 4) is 11.8 Å². The number of benzene rings is 2. The van der Waals surface area contributed by atoms with Gasteiger partial charge in [-0.25, -0.2) is 0 Å². The highest BCUT2D eigenvalue weighted by molar-refractivity contribution is 6.30. The Hall–Kier alpha value is -2.91. The Labute approximate surface area is 132 Å². The SMILES string of the molecule is COc1ccc(N/N=C(/C#N)N=Nc2ccc(Cl)cc2)cc1. The van der Waals surface area contributed by atoms with E-state index in [1.807, 2.05) is 6.07 Å². The van der Waals surface area contributed by atoms with Crippen LogP contribution in [0.4, 0.5) is 11.4 Å². The Bertz CT molecular complexity index is 717. The van der Waals surface area contributed by atoms with Gasteiger partial charge in [0.05, 0.1) is 18.5 Å². The summed E-state index contributed by atoms with van der Waals surface area (Å²) < 4.78 is 5.05. The highest BCUT2D eigenvalue weighted by atomic mass is 35.5. The quantitative estimate of drug-likeness (QED) is 0.393. The molecule has 0 saturated carbocycles. The second kappa shape index (κ2) is 7.76. The molecule has 0 unspecified atom stereocenters. The second-order valence-electron chi connectivity index (χ2n) is 4.06. The molecule has 0 aromatic heterocycles. The second-order valence-corrected chi connectivity index (χ2v) is 4.50. The average Bonchev–Trinajstić information content (AvgIpc) is 2.57. The summed E-state index contributed by atoms with van der Waals surface area (Å²) >= 11 is 5.77. The standard InChI is InChI=1S/C15H12ClN5O/c1-22-14-8-6-13(7-9-14)19-21-15(10-17)20-18-12-4-2-11(16)3-5-12/h2-9,19H,1H3/b20-18?,21-15-. The largest absolute Gasteiger partial charge is 0.497 e. The topological polar surface area (TPSA) is 82.1 Å². The number of nitrogens with zero attached hydrogens (tertiary/aromatic N) is 4. The van der Waals surface area contributed by atoms with E-state index in [9.17, 15) is 0 Å². The molecule has 0 saturated heterocycles. The molecule has 1 N–H and O–H groups in total. The zero-order valence-corrected chi connectivity index (χ0v) is 12.4. The fraction of sp³-hybridized carbons (Fsp3) is 0.0667. The number of hydrogen-bond donors (Lipinski definition) is 1. The van der Waals surface area contributed by atoms with Crippen LogP contribution >= 0.6 is 11.6 Å². The maximum atomic E-state index is 8.99. The van der Waals surface area contributed by atoms with Crippen LogP contribution in [0, 0.1) is 11.3 Å². The molecule has 22 heavy (non-hydrogen) atoms. The van der Waals surface area contributed by atoms with E-state index in [1.54, 1.807) is 55.6 Å². The van der Waals surface area contributed by atoms with E-state index in [1.165, 1.54) is 0 Å². The van der Waals surface area contributed by atoms with Crippen molar-refractivity contribution in [2.75, 3.05) is 12.5 Å². The van der Waals surface area contributed by atoms with Crippen molar-refractivity contribution in [3.63, 3.8) is 0 Å². The molecule has 2 rings (SSSR count). The van der Waals surface area contributed by atoms with Crippen molar-refractivity contribution >= 4 is 28.8 Å². The Morgan fingerprint density at radius 3 is 2.41 bits per heavy atom. The number of nitrogens with one attached hydrogen (secondary N) is 1. The third kappa shape index (κ3) is 4.58. The van der Waals surface area contributed by atoms with E-state index in [0.29, 0.717) is 16.4 Å². The van der Waals surface area contributed by atoms with Gasteiger partial charge in [-0.15, -0.1) is 15.3 Å². The van der Waals surface area contributed by atoms with E-state index in [2.05, 4.69) is 20.8 Å². The first-order valence-corrected chi connectivity index (χ1v) is 6.64. The molecule has 2 aromatic carbocycles. The van der Waals surface area contributed by atoms with Gasteiger partial charge in [0.15, 0.2) is 0 Å². The molecule has 0 aliphatic rings. The number of hydrazone groups is 1. The van der Waals surface area contributed by atoms with Crippen molar-refractivity contribution in [1.82, 2.24) is 0 Å². The molecular formula is C15H12ClN5O. The first-order chi connectivity index (χ1) is 10.7. The van der Waals surface area contributed by atoms with Gasteiger partial charge in [-0.05, 0) is 48.5 Å². The van der Waals surface area contributed by atoms with Crippen LogP contribution < -0.4 is 10.2 Å². The molecular weight excluding hydrogens is 302 g/mol. The van der Waals surface area contributed by atoms with Crippen molar-refractivity contribution in [1.29, 1.82) is 5.26 Å². The molecule has 0 spiro atoms. The minimum absolute atomic E-state index is 0.0919. The normalized spacial score (nSPS) is 11.2. The van der Waals surface area contributed by atoms with E-state index < -0.39 is 0 Å². The lowest BCUT2D eigenvalue weighted by Gasteiger charge is -2.02. The van der Waals surface area contributed by atoms with Crippen molar-refractivity contribution in [2.45, 2.75) is 0 Å².